The highest BCUT2D eigenvalue weighted by Crippen LogP contribution is 2.25. The van der Waals surface area contributed by atoms with E-state index >= 15 is 0 Å². The predicted molar refractivity (Wildman–Crippen MR) is 110 cm³/mol. The highest BCUT2D eigenvalue weighted by Gasteiger charge is 2.11. The number of hydrazone groups is 1. The summed E-state index contributed by atoms with van der Waals surface area (Å²) in [6.07, 6.45) is 0. The van der Waals surface area contributed by atoms with Crippen LogP contribution in [0, 0.1) is 25.2 Å². The van der Waals surface area contributed by atoms with Crippen LogP contribution in [0.4, 0.5) is 5.69 Å². The molecule has 6 heteroatoms. The Morgan fingerprint density at radius 1 is 1.22 bits per heavy atom. The van der Waals surface area contributed by atoms with Gasteiger partial charge in [-0.1, -0.05) is 17.7 Å². The molecule has 1 aromatic heterocycles. The summed E-state index contributed by atoms with van der Waals surface area (Å²) in [4.78, 5) is 4.56. The van der Waals surface area contributed by atoms with E-state index in [1.54, 1.807) is 0 Å². The van der Waals surface area contributed by atoms with E-state index in [1.807, 2.05) is 62.5 Å². The minimum atomic E-state index is 0.261. The minimum absolute atomic E-state index is 0.261. The van der Waals surface area contributed by atoms with Crippen molar-refractivity contribution in [2.24, 2.45) is 5.10 Å². The summed E-state index contributed by atoms with van der Waals surface area (Å²) in [5.74, 6) is 0.827. The lowest BCUT2D eigenvalue weighted by atomic mass is 10.1. The van der Waals surface area contributed by atoms with E-state index in [0.29, 0.717) is 11.6 Å². The molecule has 0 fully saturated rings. The molecule has 136 valence electrons. The van der Waals surface area contributed by atoms with Gasteiger partial charge in [0.2, 0.25) is 0 Å². The number of nitrogens with one attached hydrogen (secondary N) is 1. The first-order chi connectivity index (χ1) is 13.1. The van der Waals surface area contributed by atoms with E-state index < -0.39 is 0 Å². The number of thiazole rings is 1. The molecular formula is C21H20N4OS. The molecule has 0 bridgehead atoms. The molecule has 3 aromatic rings. The largest absolute Gasteiger partial charge is 0.494 e. The molecule has 3 rings (SSSR count). The zero-order chi connectivity index (χ0) is 19.2. The van der Waals surface area contributed by atoms with Crippen LogP contribution in [0.25, 0.3) is 11.3 Å². The van der Waals surface area contributed by atoms with Gasteiger partial charge < -0.3 is 4.74 Å². The molecule has 0 aliphatic carbocycles. The number of anilines is 1. The first kappa shape index (κ1) is 18.6. The van der Waals surface area contributed by atoms with Crippen LogP contribution >= 0.6 is 11.3 Å². The van der Waals surface area contributed by atoms with Gasteiger partial charge in [0.15, 0.2) is 10.7 Å². The van der Waals surface area contributed by atoms with Gasteiger partial charge in [-0.25, -0.2) is 4.98 Å². The van der Waals surface area contributed by atoms with Crippen molar-refractivity contribution in [3.8, 4) is 23.1 Å². The summed E-state index contributed by atoms with van der Waals surface area (Å²) in [5, 5.41) is 16.2. The second-order valence-corrected chi connectivity index (χ2v) is 6.86. The third-order valence-corrected chi connectivity index (χ3v) is 4.79. The Morgan fingerprint density at radius 2 is 2.00 bits per heavy atom. The molecule has 1 heterocycles. The summed E-state index contributed by atoms with van der Waals surface area (Å²) in [6.45, 7) is 6.63. The van der Waals surface area contributed by atoms with E-state index in [1.165, 1.54) is 16.9 Å². The molecule has 0 aliphatic heterocycles. The van der Waals surface area contributed by atoms with Crippen molar-refractivity contribution in [3.05, 3.63) is 64.0 Å². The lowest BCUT2D eigenvalue weighted by molar-refractivity contribution is 0.340. The second-order valence-electron chi connectivity index (χ2n) is 6.00. The van der Waals surface area contributed by atoms with Crippen molar-refractivity contribution >= 4 is 22.7 Å². The normalized spacial score (nSPS) is 11.1. The lowest BCUT2D eigenvalue weighted by Gasteiger charge is -2.05. The van der Waals surface area contributed by atoms with Crippen molar-refractivity contribution < 1.29 is 4.74 Å². The lowest BCUT2D eigenvalue weighted by Crippen LogP contribution is -2.02. The molecule has 1 N–H and O–H groups in total. The van der Waals surface area contributed by atoms with Gasteiger partial charge >= 0.3 is 0 Å². The third-order valence-electron chi connectivity index (χ3n) is 3.94. The standard InChI is InChI=1S/C21H20N4OS/c1-4-26-17-8-6-16(7-9-17)20-13-27-21(23-20)19(12-22)25-24-18-10-5-14(2)11-15(18)3/h5-11,13,24H,4H2,1-3H3. The average molecular weight is 376 g/mol. The van der Waals surface area contributed by atoms with Crippen LogP contribution in [-0.2, 0) is 0 Å². The number of benzene rings is 2. The number of nitriles is 1. The van der Waals surface area contributed by atoms with Gasteiger partial charge in [-0.15, -0.1) is 11.3 Å². The summed E-state index contributed by atoms with van der Waals surface area (Å²) in [5.41, 5.74) is 8.15. The quantitative estimate of drug-likeness (QED) is 0.476. The van der Waals surface area contributed by atoms with E-state index in [2.05, 4.69) is 27.6 Å². The number of hydrogen-bond acceptors (Lipinski definition) is 6. The number of aryl methyl sites for hydroxylation is 2. The van der Waals surface area contributed by atoms with Crippen molar-refractivity contribution in [1.82, 2.24) is 4.98 Å². The zero-order valence-electron chi connectivity index (χ0n) is 15.5. The SMILES string of the molecule is CCOc1ccc(-c2csc(C(C#N)=NNc3ccc(C)cc3C)n2)cc1. The van der Waals surface area contributed by atoms with Gasteiger partial charge in [-0.05, 0) is 56.7 Å². The van der Waals surface area contributed by atoms with Crippen LogP contribution < -0.4 is 10.2 Å². The summed E-state index contributed by atoms with van der Waals surface area (Å²) in [7, 11) is 0. The van der Waals surface area contributed by atoms with Gasteiger partial charge in [-0.3, -0.25) is 5.43 Å². The molecule has 0 amide bonds. The number of aromatic nitrogens is 1. The maximum Gasteiger partial charge on any atom is 0.196 e. The molecule has 0 unspecified atom stereocenters. The molecule has 0 saturated carbocycles. The molecule has 0 saturated heterocycles. The van der Waals surface area contributed by atoms with E-state index in [9.17, 15) is 5.26 Å². The van der Waals surface area contributed by atoms with Crippen LogP contribution in [0.3, 0.4) is 0 Å². The monoisotopic (exact) mass is 376 g/mol. The van der Waals surface area contributed by atoms with Crippen LogP contribution in [0.2, 0.25) is 0 Å². The average Bonchev–Trinajstić information content (AvgIpc) is 3.14. The van der Waals surface area contributed by atoms with E-state index in [4.69, 9.17) is 4.74 Å². The van der Waals surface area contributed by atoms with Crippen molar-refractivity contribution in [3.63, 3.8) is 0 Å². The Balaban J connectivity index is 1.79. The Morgan fingerprint density at radius 3 is 2.67 bits per heavy atom. The second kappa shape index (κ2) is 8.47. The van der Waals surface area contributed by atoms with Crippen molar-refractivity contribution in [2.45, 2.75) is 20.8 Å². The van der Waals surface area contributed by atoms with Crippen LogP contribution in [0.15, 0.2) is 52.9 Å². The maximum absolute atomic E-state index is 9.48. The van der Waals surface area contributed by atoms with Gasteiger partial charge in [0.25, 0.3) is 0 Å². The summed E-state index contributed by atoms with van der Waals surface area (Å²) in [6, 6.07) is 15.9. The van der Waals surface area contributed by atoms with Gasteiger partial charge in [0.1, 0.15) is 11.8 Å². The molecule has 0 spiro atoms. The molecular weight excluding hydrogens is 356 g/mol. The van der Waals surface area contributed by atoms with Gasteiger partial charge in [-0.2, -0.15) is 10.4 Å². The van der Waals surface area contributed by atoms with Crippen LogP contribution in [-0.4, -0.2) is 17.3 Å². The Bertz CT molecular complexity index is 1000. The number of hydrogen-bond donors (Lipinski definition) is 1. The fourth-order valence-corrected chi connectivity index (χ4v) is 3.35. The maximum atomic E-state index is 9.48. The number of nitrogens with zero attached hydrogens (tertiary/aromatic N) is 3. The third kappa shape index (κ3) is 4.52. The molecule has 2 aromatic carbocycles. The molecule has 0 atom stereocenters. The van der Waals surface area contributed by atoms with Gasteiger partial charge in [0.05, 0.1) is 18.0 Å². The fourth-order valence-electron chi connectivity index (χ4n) is 2.58. The highest BCUT2D eigenvalue weighted by atomic mass is 32.1. The molecule has 27 heavy (non-hydrogen) atoms. The molecule has 5 nitrogen and oxygen atoms in total. The minimum Gasteiger partial charge on any atom is -0.494 e. The zero-order valence-corrected chi connectivity index (χ0v) is 16.3. The number of rotatable bonds is 6. The first-order valence-corrected chi connectivity index (χ1v) is 9.49. The van der Waals surface area contributed by atoms with Crippen molar-refractivity contribution in [2.75, 3.05) is 12.0 Å². The molecule has 0 aliphatic rings. The predicted octanol–water partition coefficient (Wildman–Crippen LogP) is 5.17. The fraction of sp³-hybridized carbons (Fsp3) is 0.190. The number of ether oxygens (including phenoxy) is 1. The topological polar surface area (TPSA) is 70.3 Å². The van der Waals surface area contributed by atoms with Gasteiger partial charge in [0, 0.05) is 10.9 Å². The Hall–Kier alpha value is -3.17. The summed E-state index contributed by atoms with van der Waals surface area (Å²) >= 11 is 1.40. The molecule has 0 radical (unpaired) electrons. The van der Waals surface area contributed by atoms with Crippen LogP contribution in [0.5, 0.6) is 5.75 Å². The Kier molecular flexibility index (Phi) is 5.84. The highest BCUT2D eigenvalue weighted by molar-refractivity contribution is 7.12. The van der Waals surface area contributed by atoms with Crippen molar-refractivity contribution in [1.29, 1.82) is 5.26 Å². The first-order valence-electron chi connectivity index (χ1n) is 8.61. The van der Waals surface area contributed by atoms with E-state index in [0.717, 1.165) is 28.3 Å². The smallest absolute Gasteiger partial charge is 0.196 e. The Labute approximate surface area is 163 Å². The summed E-state index contributed by atoms with van der Waals surface area (Å²) < 4.78 is 5.46. The van der Waals surface area contributed by atoms with E-state index in [-0.39, 0.29) is 5.71 Å². The van der Waals surface area contributed by atoms with Crippen LogP contribution in [0.1, 0.15) is 23.1 Å².